The smallest absolute Gasteiger partial charge is 0.223 e. The number of rotatable bonds is 7. The van der Waals surface area contributed by atoms with Gasteiger partial charge in [0, 0.05) is 30.1 Å². The monoisotopic (exact) mass is 281 g/mol. The molecule has 0 spiro atoms. The third-order valence-corrected chi connectivity index (χ3v) is 3.17. The molecule has 0 radical (unpaired) electrons. The van der Waals surface area contributed by atoms with Crippen molar-refractivity contribution in [3.05, 3.63) is 0 Å². The van der Waals surface area contributed by atoms with Crippen molar-refractivity contribution in [3.8, 4) is 0 Å². The zero-order valence-corrected chi connectivity index (χ0v) is 11.7. The zero-order chi connectivity index (χ0) is 11.0. The van der Waals surface area contributed by atoms with Crippen LogP contribution in [0.1, 0.15) is 26.7 Å². The Kier molecular flexibility index (Phi) is 8.78. The summed E-state index contributed by atoms with van der Waals surface area (Å²) < 4.78 is 0. The molecule has 0 saturated carbocycles. The second-order valence-corrected chi connectivity index (χ2v) is 5.24. The van der Waals surface area contributed by atoms with E-state index < -0.39 is 0 Å². The quantitative estimate of drug-likeness (QED) is 0.669. The summed E-state index contributed by atoms with van der Waals surface area (Å²) in [7, 11) is 0. The summed E-state index contributed by atoms with van der Waals surface area (Å²) in [5.41, 5.74) is 0. The molecule has 0 aromatic heterocycles. The number of hydrogen-bond acceptors (Lipinski definition) is 2. The lowest BCUT2D eigenvalue weighted by molar-refractivity contribution is -0.132. The van der Waals surface area contributed by atoms with Crippen molar-refractivity contribution in [2.75, 3.05) is 23.9 Å². The maximum Gasteiger partial charge on any atom is 0.223 e. The average Bonchev–Trinajstić information content (AvgIpc) is 2.14. The lowest BCUT2D eigenvalue weighted by Crippen LogP contribution is -2.38. The fourth-order valence-electron chi connectivity index (χ4n) is 1.23. The molecule has 84 valence electrons. The van der Waals surface area contributed by atoms with Crippen molar-refractivity contribution in [2.45, 2.75) is 32.7 Å². The van der Waals surface area contributed by atoms with Crippen molar-refractivity contribution in [1.29, 1.82) is 0 Å². The highest BCUT2D eigenvalue weighted by atomic mass is 79.9. The molecule has 1 amide bonds. The molecule has 2 nitrogen and oxygen atoms in total. The molecular weight excluding hydrogens is 262 g/mol. The van der Waals surface area contributed by atoms with Gasteiger partial charge < -0.3 is 4.90 Å². The first-order valence-electron chi connectivity index (χ1n) is 4.97. The molecular formula is C10H20BrNOS. The molecule has 0 N–H and O–H groups in total. The predicted octanol–water partition coefficient (Wildman–Crippen LogP) is 2.76. The molecule has 0 saturated heterocycles. The van der Waals surface area contributed by atoms with Crippen LogP contribution in [-0.4, -0.2) is 40.7 Å². The molecule has 0 heterocycles. The van der Waals surface area contributed by atoms with E-state index in [0.29, 0.717) is 12.5 Å². The van der Waals surface area contributed by atoms with Gasteiger partial charge >= 0.3 is 0 Å². The number of nitrogens with zero attached hydrogens (tertiary/aromatic N) is 1. The van der Waals surface area contributed by atoms with Gasteiger partial charge in [0.25, 0.3) is 0 Å². The Balaban J connectivity index is 3.98. The Morgan fingerprint density at radius 2 is 2.14 bits per heavy atom. The van der Waals surface area contributed by atoms with Crippen molar-refractivity contribution in [3.63, 3.8) is 0 Å². The van der Waals surface area contributed by atoms with E-state index >= 15 is 0 Å². The number of hydrogen-bond donors (Lipinski definition) is 0. The molecule has 0 aromatic carbocycles. The largest absolute Gasteiger partial charge is 0.340 e. The first-order chi connectivity index (χ1) is 6.63. The molecule has 0 atom stereocenters. The SMILES string of the molecule is CSCCC(=O)N(CCCBr)C(C)C. The predicted molar refractivity (Wildman–Crippen MR) is 68.3 cm³/mol. The third kappa shape index (κ3) is 5.91. The van der Waals surface area contributed by atoms with E-state index in [-0.39, 0.29) is 5.91 Å². The number of halogens is 1. The Bertz CT molecular complexity index is 164. The lowest BCUT2D eigenvalue weighted by atomic mass is 10.2. The maximum absolute atomic E-state index is 11.7. The first kappa shape index (κ1) is 14.3. The Labute approximate surface area is 99.9 Å². The number of amides is 1. The molecule has 0 aliphatic carbocycles. The minimum absolute atomic E-state index is 0.287. The summed E-state index contributed by atoms with van der Waals surface area (Å²) in [5.74, 6) is 1.21. The first-order valence-corrected chi connectivity index (χ1v) is 7.49. The molecule has 0 aliphatic rings. The van der Waals surface area contributed by atoms with Crippen LogP contribution in [-0.2, 0) is 4.79 Å². The van der Waals surface area contributed by atoms with Gasteiger partial charge in [-0.05, 0) is 26.5 Å². The standard InChI is InChI=1S/C10H20BrNOS/c1-9(2)12(7-4-6-11)10(13)5-8-14-3/h9H,4-8H2,1-3H3. The van der Waals surface area contributed by atoms with Gasteiger partial charge in [0.15, 0.2) is 0 Å². The van der Waals surface area contributed by atoms with Gasteiger partial charge in [-0.1, -0.05) is 15.9 Å². The van der Waals surface area contributed by atoms with Crippen LogP contribution in [0, 0.1) is 0 Å². The number of carbonyl (C=O) groups excluding carboxylic acids is 1. The average molecular weight is 282 g/mol. The van der Waals surface area contributed by atoms with Crippen LogP contribution in [0.3, 0.4) is 0 Å². The van der Waals surface area contributed by atoms with Gasteiger partial charge in [0.05, 0.1) is 0 Å². The minimum Gasteiger partial charge on any atom is -0.340 e. The van der Waals surface area contributed by atoms with Crippen LogP contribution in [0.5, 0.6) is 0 Å². The molecule has 14 heavy (non-hydrogen) atoms. The fraction of sp³-hybridized carbons (Fsp3) is 0.900. The van der Waals surface area contributed by atoms with Crippen molar-refractivity contribution >= 4 is 33.6 Å². The molecule has 0 fully saturated rings. The summed E-state index contributed by atoms with van der Waals surface area (Å²) in [6, 6.07) is 0.323. The Morgan fingerprint density at radius 3 is 2.57 bits per heavy atom. The van der Waals surface area contributed by atoms with Gasteiger partial charge in [-0.15, -0.1) is 0 Å². The summed E-state index contributed by atoms with van der Waals surface area (Å²) in [5, 5.41) is 0.964. The normalized spacial score (nSPS) is 10.6. The van der Waals surface area contributed by atoms with Crippen molar-refractivity contribution < 1.29 is 4.79 Å². The summed E-state index contributed by atoms with van der Waals surface area (Å²) in [6.45, 7) is 5.02. The Morgan fingerprint density at radius 1 is 1.50 bits per heavy atom. The van der Waals surface area contributed by atoms with E-state index in [1.54, 1.807) is 11.8 Å². The van der Waals surface area contributed by atoms with Crippen LogP contribution in [0.25, 0.3) is 0 Å². The van der Waals surface area contributed by atoms with E-state index in [0.717, 1.165) is 24.0 Å². The number of carbonyl (C=O) groups is 1. The van der Waals surface area contributed by atoms with Crippen LogP contribution >= 0.6 is 27.7 Å². The Hall–Kier alpha value is 0.300. The second-order valence-electron chi connectivity index (χ2n) is 3.47. The topological polar surface area (TPSA) is 20.3 Å². The van der Waals surface area contributed by atoms with Crippen molar-refractivity contribution in [1.82, 2.24) is 4.90 Å². The van der Waals surface area contributed by atoms with E-state index in [4.69, 9.17) is 0 Å². The van der Waals surface area contributed by atoms with Gasteiger partial charge in [0.1, 0.15) is 0 Å². The van der Waals surface area contributed by atoms with Gasteiger partial charge in [0.2, 0.25) is 5.91 Å². The highest BCUT2D eigenvalue weighted by Crippen LogP contribution is 2.06. The lowest BCUT2D eigenvalue weighted by Gasteiger charge is -2.26. The highest BCUT2D eigenvalue weighted by molar-refractivity contribution is 9.09. The molecule has 0 unspecified atom stereocenters. The van der Waals surface area contributed by atoms with E-state index in [1.165, 1.54) is 0 Å². The van der Waals surface area contributed by atoms with E-state index in [1.807, 2.05) is 11.2 Å². The van der Waals surface area contributed by atoms with Crippen LogP contribution in [0.15, 0.2) is 0 Å². The molecule has 0 aliphatic heterocycles. The van der Waals surface area contributed by atoms with Gasteiger partial charge in [-0.3, -0.25) is 4.79 Å². The van der Waals surface area contributed by atoms with E-state index in [2.05, 4.69) is 29.8 Å². The fourth-order valence-corrected chi connectivity index (χ4v) is 1.86. The summed E-state index contributed by atoms with van der Waals surface area (Å²) in [6.07, 6.45) is 3.73. The number of alkyl halides is 1. The number of thioether (sulfide) groups is 1. The maximum atomic E-state index is 11.7. The van der Waals surface area contributed by atoms with Crippen LogP contribution < -0.4 is 0 Å². The second kappa shape index (κ2) is 8.60. The zero-order valence-electron chi connectivity index (χ0n) is 9.25. The van der Waals surface area contributed by atoms with Crippen LogP contribution in [0.2, 0.25) is 0 Å². The van der Waals surface area contributed by atoms with Gasteiger partial charge in [-0.2, -0.15) is 11.8 Å². The molecule has 4 heteroatoms. The minimum atomic E-state index is 0.287. The summed E-state index contributed by atoms with van der Waals surface area (Å²) >= 11 is 5.11. The van der Waals surface area contributed by atoms with Crippen LogP contribution in [0.4, 0.5) is 0 Å². The highest BCUT2D eigenvalue weighted by Gasteiger charge is 2.15. The molecule has 0 aromatic rings. The third-order valence-electron chi connectivity index (χ3n) is 2.00. The molecule has 0 bridgehead atoms. The van der Waals surface area contributed by atoms with Crippen molar-refractivity contribution in [2.24, 2.45) is 0 Å². The molecule has 0 rings (SSSR count). The van der Waals surface area contributed by atoms with E-state index in [9.17, 15) is 4.79 Å². The van der Waals surface area contributed by atoms with Gasteiger partial charge in [-0.25, -0.2) is 0 Å². The summed E-state index contributed by atoms with van der Waals surface area (Å²) in [4.78, 5) is 13.7.